The summed E-state index contributed by atoms with van der Waals surface area (Å²) in [6, 6.07) is 13.5. The molecule has 2 nitrogen and oxygen atoms in total. The van der Waals surface area contributed by atoms with Crippen LogP contribution >= 0.6 is 0 Å². The summed E-state index contributed by atoms with van der Waals surface area (Å²) in [6.07, 6.45) is 2.81. The average Bonchev–Trinajstić information content (AvgIpc) is 2.74. The Morgan fingerprint density at radius 1 is 0.711 bits per heavy atom. The summed E-state index contributed by atoms with van der Waals surface area (Å²) < 4.78 is 6.86. The van der Waals surface area contributed by atoms with E-state index in [-0.39, 0.29) is 16.2 Å². The summed E-state index contributed by atoms with van der Waals surface area (Å²) in [5, 5.41) is 4.33. The molecule has 0 N–H and O–H groups in total. The van der Waals surface area contributed by atoms with E-state index in [0.29, 0.717) is 11.1 Å². The van der Waals surface area contributed by atoms with Gasteiger partial charge in [0.05, 0.1) is 11.1 Å². The van der Waals surface area contributed by atoms with E-state index in [4.69, 9.17) is 25.4 Å². The molecule has 0 aliphatic carbocycles. The van der Waals surface area contributed by atoms with E-state index in [9.17, 15) is 0 Å². The highest BCUT2D eigenvalue weighted by molar-refractivity contribution is 6.52. The topological polar surface area (TPSA) is 22.1 Å². The fraction of sp³-hybridized carbons (Fsp3) is 0.441. The molecule has 0 atom stereocenters. The van der Waals surface area contributed by atoms with Crippen molar-refractivity contribution in [3.8, 4) is 22.8 Å². The van der Waals surface area contributed by atoms with Gasteiger partial charge in [-0.25, -0.2) is 0 Å². The molecule has 0 saturated carbocycles. The molecule has 1 aliphatic heterocycles. The van der Waals surface area contributed by atoms with Crippen LogP contribution < -0.4 is 15.8 Å². The second-order valence-corrected chi connectivity index (χ2v) is 14.9. The quantitative estimate of drug-likeness (QED) is 0.240. The highest BCUT2D eigenvalue weighted by Crippen LogP contribution is 2.50. The molecule has 0 spiro atoms. The summed E-state index contributed by atoms with van der Waals surface area (Å²) in [6.45, 7) is 20.4. The Balaban J connectivity index is 1.83. The molecule has 0 amide bonds. The van der Waals surface area contributed by atoms with Gasteiger partial charge in [0.15, 0.2) is 0 Å². The molecule has 0 unspecified atom stereocenters. The maximum absolute atomic E-state index is 6.86. The zero-order valence-corrected chi connectivity index (χ0v) is 24.6. The van der Waals surface area contributed by atoms with Crippen molar-refractivity contribution in [3.63, 3.8) is 0 Å². The molecule has 0 bridgehead atoms. The molecule has 5 rings (SSSR count). The predicted molar refractivity (Wildman–Crippen MR) is 165 cm³/mol. The molecular weight excluding hydrogens is 460 g/mol. The molecule has 4 heteroatoms. The van der Waals surface area contributed by atoms with E-state index in [1.165, 1.54) is 27.5 Å². The Bertz CT molecular complexity index is 1580. The van der Waals surface area contributed by atoms with Crippen molar-refractivity contribution in [2.75, 3.05) is 0 Å². The van der Waals surface area contributed by atoms with E-state index >= 15 is 0 Å². The monoisotopic (exact) mass is 499 g/mol. The van der Waals surface area contributed by atoms with Crippen molar-refractivity contribution in [2.24, 2.45) is 16.2 Å². The van der Waals surface area contributed by atoms with Crippen molar-refractivity contribution in [3.05, 3.63) is 53.1 Å². The smallest absolute Gasteiger partial charge is 0.140 e. The van der Waals surface area contributed by atoms with Gasteiger partial charge in [-0.2, -0.15) is 0 Å². The fourth-order valence-electron chi connectivity index (χ4n) is 5.84. The van der Waals surface area contributed by atoms with Crippen LogP contribution in [0.15, 0.2) is 36.4 Å². The number of rotatable bonds is 3. The van der Waals surface area contributed by atoms with Crippen LogP contribution in [0.5, 0.6) is 11.5 Å². The highest BCUT2D eigenvalue weighted by Gasteiger charge is 2.29. The van der Waals surface area contributed by atoms with E-state index in [2.05, 4.69) is 98.7 Å². The lowest BCUT2D eigenvalue weighted by Crippen LogP contribution is -2.31. The fourth-order valence-corrected chi connectivity index (χ4v) is 5.84. The van der Waals surface area contributed by atoms with Gasteiger partial charge in [0, 0.05) is 11.1 Å². The summed E-state index contributed by atoms with van der Waals surface area (Å²) in [5.74, 6) is 1.72. The van der Waals surface area contributed by atoms with Crippen molar-refractivity contribution in [2.45, 2.75) is 81.6 Å². The van der Waals surface area contributed by atoms with Crippen LogP contribution in [0.1, 0.15) is 79.0 Å². The van der Waals surface area contributed by atoms with Crippen molar-refractivity contribution in [1.82, 2.24) is 4.98 Å². The Morgan fingerprint density at radius 3 is 1.97 bits per heavy atom. The molecule has 3 aromatic carbocycles. The highest BCUT2D eigenvalue weighted by atomic mass is 16.5. The summed E-state index contributed by atoms with van der Waals surface area (Å²) in [5.41, 5.74) is 6.93. The second kappa shape index (κ2) is 8.90. The Morgan fingerprint density at radius 2 is 1.34 bits per heavy atom. The minimum Gasteiger partial charge on any atom is -0.456 e. The number of fused-ring (bicyclic) bond motifs is 3. The lowest BCUT2D eigenvalue weighted by Gasteiger charge is -2.29. The number of pyridine rings is 1. The molecular formula is C34H39B2NO. The lowest BCUT2D eigenvalue weighted by atomic mass is 9.78. The molecule has 38 heavy (non-hydrogen) atoms. The van der Waals surface area contributed by atoms with Crippen LogP contribution in [0.25, 0.3) is 32.8 Å². The number of aromatic nitrogens is 1. The van der Waals surface area contributed by atoms with Gasteiger partial charge in [-0.3, -0.25) is 4.98 Å². The van der Waals surface area contributed by atoms with E-state index < -0.39 is 0 Å². The third-order valence-electron chi connectivity index (χ3n) is 7.10. The lowest BCUT2D eigenvalue weighted by molar-refractivity contribution is 0.398. The standard InChI is InChI=1S/C34H39B2NO/c1-32(2,3)16-19-10-11-22-21(12-19)15-24-29-27-23(28(35)31(36)37-29)13-20(17-33(4,5)6)14-26(27)38-30(24)25(22)18-34(7,8)9/h10-15H,16-18H2,1-9H3. The Kier molecular flexibility index (Phi) is 6.29. The predicted octanol–water partition coefficient (Wildman–Crippen LogP) is 7.51. The van der Waals surface area contributed by atoms with Crippen LogP contribution in [0.3, 0.4) is 0 Å². The van der Waals surface area contributed by atoms with Crippen LogP contribution in [-0.2, 0) is 19.3 Å². The zero-order valence-electron chi connectivity index (χ0n) is 24.6. The minimum atomic E-state index is 0.0761. The Hall–Kier alpha value is -2.74. The normalized spacial score (nSPS) is 13.6. The molecule has 4 radical (unpaired) electrons. The van der Waals surface area contributed by atoms with Crippen LogP contribution in [0.4, 0.5) is 0 Å². The van der Waals surface area contributed by atoms with Crippen LogP contribution in [-0.4, -0.2) is 20.7 Å². The average molecular weight is 499 g/mol. The van der Waals surface area contributed by atoms with Crippen molar-refractivity contribution >= 4 is 48.3 Å². The molecule has 4 aromatic rings. The first-order valence-electron chi connectivity index (χ1n) is 13.8. The van der Waals surface area contributed by atoms with Gasteiger partial charge in [-0.05, 0) is 80.5 Å². The number of hydrogen-bond donors (Lipinski definition) is 0. The van der Waals surface area contributed by atoms with E-state index in [0.717, 1.165) is 52.8 Å². The Labute approximate surface area is 231 Å². The number of nitrogens with zero attached hydrogens (tertiary/aromatic N) is 1. The first-order chi connectivity index (χ1) is 17.5. The second-order valence-electron chi connectivity index (χ2n) is 14.9. The zero-order chi connectivity index (χ0) is 27.8. The summed E-state index contributed by atoms with van der Waals surface area (Å²) >= 11 is 0. The van der Waals surface area contributed by atoms with Gasteiger partial charge in [0.2, 0.25) is 0 Å². The molecule has 1 aliphatic rings. The SMILES string of the molecule is [B]c1nc2c3c(cc(CC(C)(C)C)cc3c1[B])Oc1c-2cc2cc(CC(C)(C)C)ccc2c1CC(C)(C)C. The molecule has 192 valence electrons. The van der Waals surface area contributed by atoms with Gasteiger partial charge in [-0.15, -0.1) is 0 Å². The number of ether oxygens (including phenoxy) is 1. The van der Waals surface area contributed by atoms with E-state index in [1.807, 2.05) is 0 Å². The summed E-state index contributed by atoms with van der Waals surface area (Å²) in [7, 11) is 13.0. The van der Waals surface area contributed by atoms with Crippen molar-refractivity contribution < 1.29 is 4.74 Å². The maximum Gasteiger partial charge on any atom is 0.140 e. The molecule has 2 heterocycles. The number of benzene rings is 3. The first-order valence-corrected chi connectivity index (χ1v) is 13.8. The third-order valence-corrected chi connectivity index (χ3v) is 7.10. The number of hydrogen-bond acceptors (Lipinski definition) is 2. The first kappa shape index (κ1) is 26.9. The molecule has 0 fully saturated rings. The van der Waals surface area contributed by atoms with Gasteiger partial charge < -0.3 is 4.74 Å². The van der Waals surface area contributed by atoms with Gasteiger partial charge in [0.25, 0.3) is 0 Å². The summed E-state index contributed by atoms with van der Waals surface area (Å²) in [4.78, 5) is 4.88. The minimum absolute atomic E-state index is 0.0761. The van der Waals surface area contributed by atoms with Crippen LogP contribution in [0.2, 0.25) is 0 Å². The van der Waals surface area contributed by atoms with Gasteiger partial charge in [0.1, 0.15) is 27.2 Å². The van der Waals surface area contributed by atoms with E-state index in [1.54, 1.807) is 0 Å². The van der Waals surface area contributed by atoms with Crippen molar-refractivity contribution in [1.29, 1.82) is 0 Å². The largest absolute Gasteiger partial charge is 0.456 e. The molecule has 0 saturated heterocycles. The van der Waals surface area contributed by atoms with Gasteiger partial charge >= 0.3 is 0 Å². The third kappa shape index (κ3) is 5.24. The maximum atomic E-state index is 6.86. The van der Waals surface area contributed by atoms with Gasteiger partial charge in [-0.1, -0.05) is 92.0 Å². The molecule has 1 aromatic heterocycles. The van der Waals surface area contributed by atoms with Crippen LogP contribution in [0, 0.1) is 16.2 Å².